The molecule has 4 bridgehead atoms. The lowest BCUT2D eigenvalue weighted by Crippen LogP contribution is -2.63. The number of hydrogen-bond acceptors (Lipinski definition) is 4. The van der Waals surface area contributed by atoms with Gasteiger partial charge in [0.15, 0.2) is 0 Å². The largest absolute Gasteiger partial charge is 0.369 e. The van der Waals surface area contributed by atoms with Gasteiger partial charge in [-0.2, -0.15) is 0 Å². The number of morpholine rings is 1. The maximum atomic E-state index is 13.1. The number of halogens is 1. The predicted octanol–water partition coefficient (Wildman–Crippen LogP) is 2.34. The van der Waals surface area contributed by atoms with Crippen LogP contribution in [0.25, 0.3) is 0 Å². The highest BCUT2D eigenvalue weighted by molar-refractivity contribution is 6.30. The highest BCUT2D eigenvalue weighted by Gasteiger charge is 2.58. The fourth-order valence-corrected chi connectivity index (χ4v) is 6.80. The van der Waals surface area contributed by atoms with Gasteiger partial charge in [0.05, 0.1) is 6.61 Å². The normalized spacial score (nSPS) is 37.8. The molecule has 4 aliphatic carbocycles. The Labute approximate surface area is 182 Å². The molecule has 0 radical (unpaired) electrons. The molecule has 2 unspecified atom stereocenters. The van der Waals surface area contributed by atoms with E-state index in [1.807, 2.05) is 24.3 Å². The Morgan fingerprint density at radius 1 is 1.17 bits per heavy atom. The molecule has 162 valence electrons. The Hall–Kier alpha value is -1.63. The van der Waals surface area contributed by atoms with E-state index in [2.05, 4.69) is 10.2 Å². The number of nitrogens with one attached hydrogen (secondary N) is 1. The van der Waals surface area contributed by atoms with Gasteiger partial charge in [0.1, 0.15) is 6.10 Å². The SMILES string of the molecule is NC(=O)C12CC3CC(C1)C(NC(=O)[C@H]1CN(Cc4ccc(Cl)cc4)CCO1)C(C3)C2. The number of primary amides is 1. The number of amides is 2. The van der Waals surface area contributed by atoms with E-state index in [1.165, 1.54) is 5.56 Å². The van der Waals surface area contributed by atoms with E-state index in [1.54, 1.807) is 0 Å². The van der Waals surface area contributed by atoms with Crippen LogP contribution >= 0.6 is 11.6 Å². The van der Waals surface area contributed by atoms with Crippen molar-refractivity contribution < 1.29 is 14.3 Å². The first-order valence-electron chi connectivity index (χ1n) is 11.1. The number of carbonyl (C=O) groups excluding carboxylic acids is 2. The minimum atomic E-state index is -0.451. The summed E-state index contributed by atoms with van der Waals surface area (Å²) in [6.07, 6.45) is 4.35. The Morgan fingerprint density at radius 2 is 1.87 bits per heavy atom. The zero-order chi connectivity index (χ0) is 20.9. The first kappa shape index (κ1) is 20.3. The molecule has 3 N–H and O–H groups in total. The number of ether oxygens (including phenoxy) is 1. The first-order valence-corrected chi connectivity index (χ1v) is 11.5. The standard InChI is InChI=1S/C23H30ClN3O3/c24-18-3-1-14(2-4-18)12-27-5-6-30-19(13-27)21(28)26-20-16-7-15-8-17(20)11-23(9-15,10-16)22(25)29/h1-4,15-17,19-20H,5-13H2,(H2,25,29)(H,26,28)/t15?,16?,17?,19-,20?,23?/m1/s1. The van der Waals surface area contributed by atoms with Crippen LogP contribution in [0.4, 0.5) is 0 Å². The highest BCUT2D eigenvalue weighted by Crippen LogP contribution is 2.59. The Balaban J connectivity index is 1.20. The average Bonchev–Trinajstić information content (AvgIpc) is 2.72. The minimum Gasteiger partial charge on any atom is -0.369 e. The average molecular weight is 432 g/mol. The molecule has 1 aromatic rings. The summed E-state index contributed by atoms with van der Waals surface area (Å²) in [6.45, 7) is 2.73. The number of carbonyl (C=O) groups is 2. The van der Waals surface area contributed by atoms with Gasteiger partial charge in [0.25, 0.3) is 5.91 Å². The van der Waals surface area contributed by atoms with Crippen LogP contribution in [0.5, 0.6) is 0 Å². The molecule has 5 aliphatic rings. The van der Waals surface area contributed by atoms with Crippen LogP contribution in [0.15, 0.2) is 24.3 Å². The summed E-state index contributed by atoms with van der Waals surface area (Å²) in [5.74, 6) is 1.16. The van der Waals surface area contributed by atoms with Crippen molar-refractivity contribution in [2.24, 2.45) is 28.9 Å². The van der Waals surface area contributed by atoms with Gasteiger partial charge in [-0.25, -0.2) is 0 Å². The van der Waals surface area contributed by atoms with E-state index in [9.17, 15) is 9.59 Å². The van der Waals surface area contributed by atoms with Crippen LogP contribution in [0.3, 0.4) is 0 Å². The van der Waals surface area contributed by atoms with Crippen molar-refractivity contribution in [3.8, 4) is 0 Å². The fourth-order valence-electron chi connectivity index (χ4n) is 6.67. The van der Waals surface area contributed by atoms with Crippen molar-refractivity contribution in [2.45, 2.75) is 50.8 Å². The molecule has 30 heavy (non-hydrogen) atoms. The van der Waals surface area contributed by atoms with E-state index >= 15 is 0 Å². The van der Waals surface area contributed by atoms with Gasteiger partial charge < -0.3 is 15.8 Å². The van der Waals surface area contributed by atoms with E-state index in [0.717, 1.165) is 50.2 Å². The third-order valence-electron chi connectivity index (χ3n) is 7.87. The molecule has 1 aromatic carbocycles. The van der Waals surface area contributed by atoms with E-state index < -0.39 is 6.10 Å². The summed E-state index contributed by atoms with van der Waals surface area (Å²) in [7, 11) is 0. The van der Waals surface area contributed by atoms with Crippen LogP contribution in [-0.2, 0) is 20.9 Å². The smallest absolute Gasteiger partial charge is 0.250 e. The second kappa shape index (κ2) is 7.81. The van der Waals surface area contributed by atoms with Crippen molar-refractivity contribution in [1.82, 2.24) is 10.2 Å². The molecule has 6 rings (SSSR count). The number of nitrogens with two attached hydrogens (primary N) is 1. The van der Waals surface area contributed by atoms with Gasteiger partial charge in [0.2, 0.25) is 5.91 Å². The number of benzene rings is 1. The second-order valence-corrected chi connectivity index (χ2v) is 10.3. The summed E-state index contributed by atoms with van der Waals surface area (Å²) in [6, 6.07) is 7.99. The van der Waals surface area contributed by atoms with Crippen LogP contribution in [0.2, 0.25) is 5.02 Å². The van der Waals surface area contributed by atoms with E-state index in [0.29, 0.717) is 30.9 Å². The summed E-state index contributed by atoms with van der Waals surface area (Å²) in [5.41, 5.74) is 6.64. The second-order valence-electron chi connectivity index (χ2n) is 9.87. The van der Waals surface area contributed by atoms with Crippen LogP contribution in [0.1, 0.15) is 37.7 Å². The molecule has 4 saturated carbocycles. The highest BCUT2D eigenvalue weighted by atomic mass is 35.5. The lowest BCUT2D eigenvalue weighted by molar-refractivity contribution is -0.151. The molecule has 6 nitrogen and oxygen atoms in total. The van der Waals surface area contributed by atoms with Gasteiger partial charge >= 0.3 is 0 Å². The molecule has 1 saturated heterocycles. The molecule has 0 aromatic heterocycles. The predicted molar refractivity (Wildman–Crippen MR) is 114 cm³/mol. The molecule has 0 spiro atoms. The van der Waals surface area contributed by atoms with Crippen molar-refractivity contribution in [2.75, 3.05) is 19.7 Å². The van der Waals surface area contributed by atoms with Gasteiger partial charge in [-0.1, -0.05) is 23.7 Å². The number of hydrogen-bond donors (Lipinski definition) is 2. The summed E-state index contributed by atoms with van der Waals surface area (Å²) in [4.78, 5) is 27.5. The van der Waals surface area contributed by atoms with Gasteiger partial charge in [0, 0.05) is 36.1 Å². The van der Waals surface area contributed by atoms with E-state index in [-0.39, 0.29) is 23.3 Å². The number of nitrogens with zero attached hydrogens (tertiary/aromatic N) is 1. The molecule has 7 heteroatoms. The van der Waals surface area contributed by atoms with Crippen molar-refractivity contribution in [3.05, 3.63) is 34.9 Å². The Morgan fingerprint density at radius 3 is 2.53 bits per heavy atom. The monoisotopic (exact) mass is 431 g/mol. The summed E-state index contributed by atoms with van der Waals surface area (Å²) in [5, 5.41) is 4.05. The Kier molecular flexibility index (Phi) is 5.28. The van der Waals surface area contributed by atoms with Crippen molar-refractivity contribution in [3.63, 3.8) is 0 Å². The third kappa shape index (κ3) is 3.74. The molecular weight excluding hydrogens is 402 g/mol. The molecule has 3 atom stereocenters. The molecule has 5 fully saturated rings. The molecular formula is C23H30ClN3O3. The fraction of sp³-hybridized carbons (Fsp3) is 0.652. The zero-order valence-electron chi connectivity index (χ0n) is 17.2. The maximum Gasteiger partial charge on any atom is 0.250 e. The molecule has 1 aliphatic heterocycles. The molecule has 1 heterocycles. The van der Waals surface area contributed by atoms with Gasteiger partial charge in [-0.15, -0.1) is 0 Å². The van der Waals surface area contributed by atoms with Crippen molar-refractivity contribution >= 4 is 23.4 Å². The zero-order valence-corrected chi connectivity index (χ0v) is 17.9. The first-order chi connectivity index (χ1) is 14.4. The van der Waals surface area contributed by atoms with Crippen molar-refractivity contribution in [1.29, 1.82) is 0 Å². The van der Waals surface area contributed by atoms with Crippen LogP contribution in [0, 0.1) is 23.2 Å². The Bertz CT molecular complexity index is 813. The van der Waals surface area contributed by atoms with Crippen LogP contribution in [-0.4, -0.2) is 48.6 Å². The van der Waals surface area contributed by atoms with Gasteiger partial charge in [-0.05, 0) is 67.6 Å². The topological polar surface area (TPSA) is 84.7 Å². The maximum absolute atomic E-state index is 13.1. The third-order valence-corrected chi connectivity index (χ3v) is 8.12. The number of rotatable bonds is 5. The quantitative estimate of drug-likeness (QED) is 0.749. The lowest BCUT2D eigenvalue weighted by atomic mass is 9.47. The summed E-state index contributed by atoms with van der Waals surface area (Å²) < 4.78 is 5.83. The lowest BCUT2D eigenvalue weighted by Gasteiger charge is -2.59. The van der Waals surface area contributed by atoms with Crippen LogP contribution < -0.4 is 11.1 Å². The molecule has 2 amide bonds. The van der Waals surface area contributed by atoms with Gasteiger partial charge in [-0.3, -0.25) is 14.5 Å². The van der Waals surface area contributed by atoms with E-state index in [4.69, 9.17) is 22.1 Å². The summed E-state index contributed by atoms with van der Waals surface area (Å²) >= 11 is 5.98. The minimum absolute atomic E-state index is 0.0126.